The van der Waals surface area contributed by atoms with Crippen molar-refractivity contribution < 1.29 is 14.3 Å². The lowest BCUT2D eigenvalue weighted by atomic mass is 10.0. The van der Waals surface area contributed by atoms with Gasteiger partial charge in [-0.15, -0.1) is 0 Å². The van der Waals surface area contributed by atoms with E-state index in [9.17, 15) is 9.59 Å². The second-order valence-corrected chi connectivity index (χ2v) is 6.05. The minimum absolute atomic E-state index is 0.0106. The molecule has 0 aromatic heterocycles. The van der Waals surface area contributed by atoms with Gasteiger partial charge in [0.25, 0.3) is 0 Å². The average Bonchev–Trinajstić information content (AvgIpc) is 3.31. The summed E-state index contributed by atoms with van der Waals surface area (Å²) in [7, 11) is 0. The van der Waals surface area contributed by atoms with Gasteiger partial charge in [-0.25, -0.2) is 0 Å². The first-order valence-electron chi connectivity index (χ1n) is 7.65. The van der Waals surface area contributed by atoms with Crippen LogP contribution in [0.1, 0.15) is 28.8 Å². The predicted octanol–water partition coefficient (Wildman–Crippen LogP) is 4.12. The van der Waals surface area contributed by atoms with Gasteiger partial charge >= 0.3 is 5.97 Å². The molecule has 2 aromatic rings. The lowest BCUT2D eigenvalue weighted by molar-refractivity contribution is -0.145. The van der Waals surface area contributed by atoms with Gasteiger partial charge in [0.05, 0.1) is 12.5 Å². The fourth-order valence-corrected chi connectivity index (χ4v) is 3.19. The van der Waals surface area contributed by atoms with Gasteiger partial charge < -0.3 is 4.74 Å². The van der Waals surface area contributed by atoms with E-state index in [0.717, 1.165) is 5.56 Å². The smallest absolute Gasteiger partial charge is 0.310 e. The van der Waals surface area contributed by atoms with Crippen LogP contribution in [0.3, 0.4) is 0 Å². The Morgan fingerprint density at radius 2 is 1.65 bits per heavy atom. The number of ketones is 1. The zero-order valence-corrected chi connectivity index (χ0v) is 13.5. The average molecular weight is 329 g/mol. The van der Waals surface area contributed by atoms with Crippen LogP contribution in [0.15, 0.2) is 54.6 Å². The molecule has 0 amide bonds. The topological polar surface area (TPSA) is 43.4 Å². The Balaban J connectivity index is 1.88. The number of esters is 1. The van der Waals surface area contributed by atoms with Crippen molar-refractivity contribution in [1.29, 1.82) is 0 Å². The third kappa shape index (κ3) is 3.15. The summed E-state index contributed by atoms with van der Waals surface area (Å²) in [6, 6.07) is 16.4. The van der Waals surface area contributed by atoms with Crippen molar-refractivity contribution >= 4 is 23.4 Å². The molecule has 0 saturated heterocycles. The molecular formula is C19H17ClO3. The number of hydrogen-bond acceptors (Lipinski definition) is 3. The maximum Gasteiger partial charge on any atom is 0.310 e. The molecule has 1 aliphatic carbocycles. The molecule has 23 heavy (non-hydrogen) atoms. The van der Waals surface area contributed by atoms with Crippen LogP contribution in [0.2, 0.25) is 5.02 Å². The van der Waals surface area contributed by atoms with Crippen LogP contribution >= 0.6 is 11.6 Å². The number of carbonyl (C=O) groups excluding carboxylic acids is 2. The van der Waals surface area contributed by atoms with E-state index in [-0.39, 0.29) is 23.6 Å². The van der Waals surface area contributed by atoms with Crippen LogP contribution in [0.25, 0.3) is 0 Å². The maximum absolute atomic E-state index is 12.7. The molecule has 3 nitrogen and oxygen atoms in total. The highest BCUT2D eigenvalue weighted by Gasteiger charge is 2.60. The number of benzene rings is 2. The second kappa shape index (κ2) is 6.55. The summed E-state index contributed by atoms with van der Waals surface area (Å²) < 4.78 is 5.14. The van der Waals surface area contributed by atoms with Crippen LogP contribution in [-0.4, -0.2) is 18.4 Å². The number of ether oxygens (including phenoxy) is 1. The summed E-state index contributed by atoms with van der Waals surface area (Å²) in [4.78, 5) is 24.9. The van der Waals surface area contributed by atoms with Gasteiger partial charge in [0, 0.05) is 22.4 Å². The van der Waals surface area contributed by atoms with Crippen molar-refractivity contribution in [3.05, 3.63) is 70.7 Å². The standard InChI is InChI=1S/C19H17ClO3/c1-2-23-19(22)17-15(12-8-10-14(20)11-9-12)16(17)18(21)13-6-4-3-5-7-13/h3-11,15-17H,2H2,1H3/t15-,16-,17-/m1/s1. The Hall–Kier alpha value is -2.13. The van der Waals surface area contributed by atoms with Crippen molar-refractivity contribution in [2.45, 2.75) is 12.8 Å². The zero-order chi connectivity index (χ0) is 16.4. The highest BCUT2D eigenvalue weighted by atomic mass is 35.5. The summed E-state index contributed by atoms with van der Waals surface area (Å²) in [5.41, 5.74) is 1.57. The summed E-state index contributed by atoms with van der Waals surface area (Å²) in [5, 5.41) is 0.632. The molecule has 0 heterocycles. The summed E-state index contributed by atoms with van der Waals surface area (Å²) >= 11 is 5.92. The molecule has 0 unspecified atom stereocenters. The van der Waals surface area contributed by atoms with Crippen molar-refractivity contribution in [2.24, 2.45) is 11.8 Å². The lowest BCUT2D eigenvalue weighted by Gasteiger charge is -2.01. The Morgan fingerprint density at radius 3 is 2.26 bits per heavy atom. The maximum atomic E-state index is 12.7. The van der Waals surface area contributed by atoms with E-state index in [2.05, 4.69) is 0 Å². The molecule has 1 aliphatic rings. The number of halogens is 1. The van der Waals surface area contributed by atoms with Crippen LogP contribution in [-0.2, 0) is 9.53 Å². The molecule has 3 rings (SSSR count). The van der Waals surface area contributed by atoms with Gasteiger partial charge in [-0.2, -0.15) is 0 Å². The monoisotopic (exact) mass is 328 g/mol. The van der Waals surface area contributed by atoms with E-state index in [1.807, 2.05) is 30.3 Å². The van der Waals surface area contributed by atoms with E-state index < -0.39 is 5.92 Å². The molecule has 0 N–H and O–H groups in total. The zero-order valence-electron chi connectivity index (χ0n) is 12.7. The summed E-state index contributed by atoms with van der Waals surface area (Å²) in [6.45, 7) is 2.08. The Labute approximate surface area is 140 Å². The number of hydrogen-bond donors (Lipinski definition) is 0. The molecule has 2 aromatic carbocycles. The SMILES string of the molecule is CCOC(=O)[C@H]1[C@H](C(=O)c2ccccc2)[C@H]1c1ccc(Cl)cc1. The summed E-state index contributed by atoms with van der Waals surface area (Å²) in [5.74, 6) is -1.23. The molecule has 0 bridgehead atoms. The van der Waals surface area contributed by atoms with Crippen LogP contribution in [0.5, 0.6) is 0 Å². The number of rotatable bonds is 5. The van der Waals surface area contributed by atoms with Gasteiger partial charge in [0.2, 0.25) is 0 Å². The van der Waals surface area contributed by atoms with Gasteiger partial charge in [-0.3, -0.25) is 9.59 Å². The predicted molar refractivity (Wildman–Crippen MR) is 88.6 cm³/mol. The van der Waals surface area contributed by atoms with Crippen LogP contribution in [0, 0.1) is 11.8 Å². The number of Topliss-reactive ketones (excluding diaryl/α,β-unsaturated/α-hetero) is 1. The van der Waals surface area contributed by atoms with E-state index >= 15 is 0 Å². The van der Waals surface area contributed by atoms with E-state index in [0.29, 0.717) is 17.2 Å². The van der Waals surface area contributed by atoms with Gasteiger partial charge in [0.1, 0.15) is 0 Å². The first-order chi connectivity index (χ1) is 11.1. The molecule has 0 radical (unpaired) electrons. The third-order valence-corrected chi connectivity index (χ3v) is 4.45. The van der Waals surface area contributed by atoms with Crippen LogP contribution in [0.4, 0.5) is 0 Å². The lowest BCUT2D eigenvalue weighted by Crippen LogP contribution is -2.11. The normalized spacial score (nSPS) is 22.4. The fraction of sp³-hybridized carbons (Fsp3) is 0.263. The first kappa shape index (κ1) is 15.8. The second-order valence-electron chi connectivity index (χ2n) is 5.61. The first-order valence-corrected chi connectivity index (χ1v) is 8.02. The Bertz CT molecular complexity index is 709. The van der Waals surface area contributed by atoms with Crippen molar-refractivity contribution in [1.82, 2.24) is 0 Å². The molecule has 1 saturated carbocycles. The van der Waals surface area contributed by atoms with E-state index in [1.54, 1.807) is 31.2 Å². The van der Waals surface area contributed by atoms with Gasteiger partial charge in [-0.05, 0) is 24.6 Å². The van der Waals surface area contributed by atoms with Gasteiger partial charge in [0.15, 0.2) is 5.78 Å². The molecule has 1 fully saturated rings. The molecule has 3 atom stereocenters. The van der Waals surface area contributed by atoms with Crippen LogP contribution < -0.4 is 0 Å². The van der Waals surface area contributed by atoms with Crippen molar-refractivity contribution in [2.75, 3.05) is 6.61 Å². The molecular weight excluding hydrogens is 312 g/mol. The third-order valence-electron chi connectivity index (χ3n) is 4.19. The minimum atomic E-state index is -0.413. The molecule has 118 valence electrons. The molecule has 4 heteroatoms. The Morgan fingerprint density at radius 1 is 1.00 bits per heavy atom. The van der Waals surface area contributed by atoms with Gasteiger partial charge in [-0.1, -0.05) is 54.1 Å². The highest BCUT2D eigenvalue weighted by molar-refractivity contribution is 6.30. The Kier molecular flexibility index (Phi) is 4.49. The highest BCUT2D eigenvalue weighted by Crippen LogP contribution is 2.56. The van der Waals surface area contributed by atoms with Crippen molar-refractivity contribution in [3.63, 3.8) is 0 Å². The quantitative estimate of drug-likeness (QED) is 0.612. The van der Waals surface area contributed by atoms with E-state index in [4.69, 9.17) is 16.3 Å². The summed E-state index contributed by atoms with van der Waals surface area (Å²) in [6.07, 6.45) is 0. The molecule has 0 spiro atoms. The number of carbonyl (C=O) groups is 2. The fourth-order valence-electron chi connectivity index (χ4n) is 3.06. The van der Waals surface area contributed by atoms with E-state index in [1.165, 1.54) is 0 Å². The minimum Gasteiger partial charge on any atom is -0.466 e. The molecule has 0 aliphatic heterocycles. The largest absolute Gasteiger partial charge is 0.466 e. The van der Waals surface area contributed by atoms with Crippen molar-refractivity contribution in [3.8, 4) is 0 Å².